The standard InChI is InChI=1S/C14H19NO5S/c1-4-15(11-5-6-21(18,19)8-11)14(17)13-9(2)7-12(16)20-10(13)3/h7,11H,4-6,8H2,1-3H3. The number of amides is 1. The Labute approximate surface area is 123 Å². The molecular formula is C14H19NO5S. The molecule has 1 amide bonds. The van der Waals surface area contributed by atoms with E-state index in [1.165, 1.54) is 6.07 Å². The van der Waals surface area contributed by atoms with Gasteiger partial charge >= 0.3 is 5.63 Å². The largest absolute Gasteiger partial charge is 0.427 e. The van der Waals surface area contributed by atoms with Crippen molar-refractivity contribution in [2.75, 3.05) is 18.1 Å². The summed E-state index contributed by atoms with van der Waals surface area (Å²) < 4.78 is 28.2. The highest BCUT2D eigenvalue weighted by molar-refractivity contribution is 7.91. The maximum atomic E-state index is 12.7. The van der Waals surface area contributed by atoms with E-state index in [2.05, 4.69) is 0 Å². The maximum Gasteiger partial charge on any atom is 0.336 e. The van der Waals surface area contributed by atoms with E-state index in [-0.39, 0.29) is 29.2 Å². The lowest BCUT2D eigenvalue weighted by Gasteiger charge is -2.27. The molecule has 1 aromatic rings. The highest BCUT2D eigenvalue weighted by Gasteiger charge is 2.35. The molecular weight excluding hydrogens is 294 g/mol. The van der Waals surface area contributed by atoms with Gasteiger partial charge in [0.05, 0.1) is 17.1 Å². The van der Waals surface area contributed by atoms with Gasteiger partial charge in [-0.15, -0.1) is 0 Å². The van der Waals surface area contributed by atoms with Crippen molar-refractivity contribution in [3.05, 3.63) is 33.4 Å². The lowest BCUT2D eigenvalue weighted by molar-refractivity contribution is 0.0703. The fourth-order valence-corrected chi connectivity index (χ4v) is 4.54. The topological polar surface area (TPSA) is 84.7 Å². The van der Waals surface area contributed by atoms with Gasteiger partial charge in [-0.25, -0.2) is 13.2 Å². The molecule has 1 unspecified atom stereocenters. The minimum absolute atomic E-state index is 0.00145. The summed E-state index contributed by atoms with van der Waals surface area (Å²) in [5.41, 5.74) is 0.404. The van der Waals surface area contributed by atoms with E-state index in [9.17, 15) is 18.0 Å². The average molecular weight is 313 g/mol. The maximum absolute atomic E-state index is 12.7. The van der Waals surface area contributed by atoms with Crippen LogP contribution < -0.4 is 5.63 Å². The summed E-state index contributed by atoms with van der Waals surface area (Å²) in [4.78, 5) is 25.5. The lowest BCUT2D eigenvalue weighted by Crippen LogP contribution is -2.41. The molecule has 2 heterocycles. The van der Waals surface area contributed by atoms with E-state index in [4.69, 9.17) is 4.42 Å². The van der Waals surface area contributed by atoms with Crippen molar-refractivity contribution in [2.24, 2.45) is 0 Å². The third-order valence-corrected chi connectivity index (χ3v) is 5.55. The Bertz CT molecular complexity index is 693. The molecule has 2 rings (SSSR count). The number of aryl methyl sites for hydroxylation is 2. The zero-order valence-corrected chi connectivity index (χ0v) is 13.2. The Balaban J connectivity index is 2.36. The van der Waals surface area contributed by atoms with Gasteiger partial charge in [-0.05, 0) is 32.8 Å². The molecule has 0 saturated carbocycles. The Morgan fingerprint density at radius 1 is 1.43 bits per heavy atom. The van der Waals surface area contributed by atoms with E-state index in [0.717, 1.165) is 0 Å². The van der Waals surface area contributed by atoms with E-state index < -0.39 is 15.5 Å². The predicted octanol–water partition coefficient (Wildman–Crippen LogP) is 0.906. The number of hydrogen-bond acceptors (Lipinski definition) is 5. The summed E-state index contributed by atoms with van der Waals surface area (Å²) in [6.45, 7) is 5.47. The number of sulfone groups is 1. The van der Waals surface area contributed by atoms with Gasteiger partial charge in [-0.1, -0.05) is 0 Å². The highest BCUT2D eigenvalue weighted by atomic mass is 32.2. The van der Waals surface area contributed by atoms with E-state index in [1.807, 2.05) is 6.92 Å². The first-order valence-electron chi connectivity index (χ1n) is 6.88. The van der Waals surface area contributed by atoms with Gasteiger partial charge in [-0.2, -0.15) is 0 Å². The molecule has 0 aliphatic carbocycles. The normalized spacial score (nSPS) is 20.4. The number of carbonyl (C=O) groups excluding carboxylic acids is 1. The second-order valence-electron chi connectivity index (χ2n) is 5.33. The quantitative estimate of drug-likeness (QED) is 0.828. The predicted molar refractivity (Wildman–Crippen MR) is 78.2 cm³/mol. The molecule has 0 aromatic carbocycles. The molecule has 0 spiro atoms. The summed E-state index contributed by atoms with van der Waals surface area (Å²) in [6.07, 6.45) is 0.455. The molecule has 1 aliphatic rings. The van der Waals surface area contributed by atoms with Gasteiger partial charge in [0.1, 0.15) is 5.76 Å². The molecule has 21 heavy (non-hydrogen) atoms. The smallest absolute Gasteiger partial charge is 0.336 e. The van der Waals surface area contributed by atoms with Crippen LogP contribution in [0.1, 0.15) is 35.0 Å². The van der Waals surface area contributed by atoms with Crippen molar-refractivity contribution in [3.8, 4) is 0 Å². The van der Waals surface area contributed by atoms with Gasteiger partial charge in [0.2, 0.25) is 0 Å². The van der Waals surface area contributed by atoms with Gasteiger partial charge in [0, 0.05) is 18.7 Å². The molecule has 1 aliphatic heterocycles. The Morgan fingerprint density at radius 3 is 2.57 bits per heavy atom. The molecule has 1 saturated heterocycles. The highest BCUT2D eigenvalue weighted by Crippen LogP contribution is 2.22. The molecule has 1 atom stereocenters. The Kier molecular flexibility index (Phi) is 4.22. The van der Waals surface area contributed by atoms with Crippen molar-refractivity contribution in [2.45, 2.75) is 33.2 Å². The number of hydrogen-bond donors (Lipinski definition) is 0. The molecule has 1 aromatic heterocycles. The number of carbonyl (C=O) groups is 1. The van der Waals surface area contributed by atoms with Crippen LogP contribution in [0.5, 0.6) is 0 Å². The third-order valence-electron chi connectivity index (χ3n) is 3.80. The van der Waals surface area contributed by atoms with Crippen molar-refractivity contribution in [1.82, 2.24) is 4.90 Å². The second-order valence-corrected chi connectivity index (χ2v) is 7.56. The summed E-state index contributed by atoms with van der Waals surface area (Å²) in [7, 11) is -3.06. The average Bonchev–Trinajstić information content (AvgIpc) is 2.69. The van der Waals surface area contributed by atoms with Crippen LogP contribution in [0.25, 0.3) is 0 Å². The van der Waals surface area contributed by atoms with Crippen LogP contribution in [-0.2, 0) is 9.84 Å². The van der Waals surface area contributed by atoms with Crippen LogP contribution in [0, 0.1) is 13.8 Å². The van der Waals surface area contributed by atoms with E-state index in [1.54, 1.807) is 18.7 Å². The summed E-state index contributed by atoms with van der Waals surface area (Å²) in [5.74, 6) is 0.104. The van der Waals surface area contributed by atoms with Crippen molar-refractivity contribution in [1.29, 1.82) is 0 Å². The fourth-order valence-electron chi connectivity index (χ4n) is 2.81. The van der Waals surface area contributed by atoms with Gasteiger partial charge in [0.25, 0.3) is 5.91 Å². The first-order chi connectivity index (χ1) is 9.75. The molecule has 6 nitrogen and oxygen atoms in total. The molecule has 0 bridgehead atoms. The SMILES string of the molecule is CCN(C(=O)c1c(C)cc(=O)oc1C)C1CCS(=O)(=O)C1. The first kappa shape index (κ1) is 15.8. The molecule has 0 N–H and O–H groups in total. The zero-order chi connectivity index (χ0) is 15.8. The molecule has 7 heteroatoms. The monoisotopic (exact) mass is 313 g/mol. The van der Waals surface area contributed by atoms with Crippen LogP contribution >= 0.6 is 0 Å². The number of rotatable bonds is 3. The zero-order valence-electron chi connectivity index (χ0n) is 12.4. The van der Waals surface area contributed by atoms with Crippen LogP contribution in [-0.4, -0.2) is 43.3 Å². The van der Waals surface area contributed by atoms with Gasteiger partial charge in [0.15, 0.2) is 9.84 Å². The molecule has 0 radical (unpaired) electrons. The van der Waals surface area contributed by atoms with Gasteiger partial charge < -0.3 is 9.32 Å². The Hall–Kier alpha value is -1.63. The molecule has 1 fully saturated rings. The van der Waals surface area contributed by atoms with Crippen LogP contribution in [0.2, 0.25) is 0 Å². The van der Waals surface area contributed by atoms with E-state index in [0.29, 0.717) is 24.1 Å². The van der Waals surface area contributed by atoms with Crippen molar-refractivity contribution >= 4 is 15.7 Å². The second kappa shape index (κ2) is 5.63. The number of nitrogens with zero attached hydrogens (tertiary/aromatic N) is 1. The fraction of sp³-hybridized carbons (Fsp3) is 0.571. The van der Waals surface area contributed by atoms with Crippen LogP contribution in [0.15, 0.2) is 15.3 Å². The lowest BCUT2D eigenvalue weighted by atomic mass is 10.1. The summed E-state index contributed by atoms with van der Waals surface area (Å²) >= 11 is 0. The summed E-state index contributed by atoms with van der Waals surface area (Å²) in [6, 6.07) is 0.970. The van der Waals surface area contributed by atoms with E-state index >= 15 is 0 Å². The Morgan fingerprint density at radius 2 is 2.10 bits per heavy atom. The minimum Gasteiger partial charge on any atom is -0.427 e. The van der Waals surface area contributed by atoms with Crippen molar-refractivity contribution < 1.29 is 17.6 Å². The van der Waals surface area contributed by atoms with Gasteiger partial charge in [-0.3, -0.25) is 4.79 Å². The van der Waals surface area contributed by atoms with Crippen LogP contribution in [0.3, 0.4) is 0 Å². The van der Waals surface area contributed by atoms with Crippen LogP contribution in [0.4, 0.5) is 0 Å². The minimum atomic E-state index is -3.06. The summed E-state index contributed by atoms with van der Waals surface area (Å²) in [5, 5.41) is 0. The molecule has 116 valence electrons. The first-order valence-corrected chi connectivity index (χ1v) is 8.70. The van der Waals surface area contributed by atoms with Crippen molar-refractivity contribution in [3.63, 3.8) is 0 Å². The third kappa shape index (κ3) is 3.18.